The molecule has 4 rings (SSSR count). The minimum Gasteiger partial charge on any atom is -0.459 e. The Morgan fingerprint density at radius 1 is 0.879 bits per heavy atom. The van der Waals surface area contributed by atoms with Crippen LogP contribution in [0.2, 0.25) is 5.02 Å². The normalized spacial score (nSPS) is 12.0. The highest BCUT2D eigenvalue weighted by Crippen LogP contribution is 2.23. The SMILES string of the molecule is O=S(=O)(c1ccccc1)N(Cc1ccc(Cl)cc1)Cc1ccc(C=Nc2ccc(Br)cc2)o1. The quantitative estimate of drug-likeness (QED) is 0.229. The summed E-state index contributed by atoms with van der Waals surface area (Å²) in [5, 5.41) is 0.594. The highest BCUT2D eigenvalue weighted by Gasteiger charge is 2.26. The molecule has 3 aromatic carbocycles. The number of benzene rings is 3. The lowest BCUT2D eigenvalue weighted by molar-refractivity contribution is 0.357. The van der Waals surface area contributed by atoms with Crippen LogP contribution in [0.1, 0.15) is 17.1 Å². The second kappa shape index (κ2) is 10.5. The van der Waals surface area contributed by atoms with Crippen LogP contribution in [0, 0.1) is 0 Å². The molecule has 5 nitrogen and oxygen atoms in total. The van der Waals surface area contributed by atoms with Crippen LogP contribution in [-0.2, 0) is 23.1 Å². The fraction of sp³-hybridized carbons (Fsp3) is 0.0800. The minimum atomic E-state index is -3.76. The second-order valence-electron chi connectivity index (χ2n) is 7.25. The van der Waals surface area contributed by atoms with E-state index in [1.807, 2.05) is 36.4 Å². The van der Waals surface area contributed by atoms with Gasteiger partial charge < -0.3 is 4.42 Å². The van der Waals surface area contributed by atoms with E-state index in [1.54, 1.807) is 60.8 Å². The summed E-state index contributed by atoms with van der Waals surface area (Å²) >= 11 is 9.38. The van der Waals surface area contributed by atoms with Crippen molar-refractivity contribution in [3.05, 3.63) is 118 Å². The van der Waals surface area contributed by atoms with Gasteiger partial charge >= 0.3 is 0 Å². The maximum absolute atomic E-state index is 13.4. The third kappa shape index (κ3) is 6.21. The molecule has 33 heavy (non-hydrogen) atoms. The fourth-order valence-corrected chi connectivity index (χ4v) is 4.95. The number of nitrogens with zero attached hydrogens (tertiary/aromatic N) is 2. The first kappa shape index (κ1) is 23.4. The van der Waals surface area contributed by atoms with Crippen molar-refractivity contribution < 1.29 is 12.8 Å². The molecule has 1 heterocycles. The van der Waals surface area contributed by atoms with Gasteiger partial charge in [0.05, 0.1) is 23.3 Å². The summed E-state index contributed by atoms with van der Waals surface area (Å²) in [4.78, 5) is 4.62. The lowest BCUT2D eigenvalue weighted by Crippen LogP contribution is -2.30. The molecule has 0 fully saturated rings. The van der Waals surface area contributed by atoms with E-state index in [0.29, 0.717) is 16.5 Å². The number of halogens is 2. The zero-order valence-electron chi connectivity index (χ0n) is 17.4. The van der Waals surface area contributed by atoms with Crippen LogP contribution in [0.25, 0.3) is 0 Å². The maximum Gasteiger partial charge on any atom is 0.243 e. The van der Waals surface area contributed by atoms with Gasteiger partial charge in [0.25, 0.3) is 0 Å². The number of hydrogen-bond acceptors (Lipinski definition) is 4. The zero-order chi connectivity index (χ0) is 23.3. The van der Waals surface area contributed by atoms with Crippen LogP contribution in [0.4, 0.5) is 5.69 Å². The van der Waals surface area contributed by atoms with E-state index < -0.39 is 10.0 Å². The predicted molar refractivity (Wildman–Crippen MR) is 134 cm³/mol. The summed E-state index contributed by atoms with van der Waals surface area (Å²) in [5.74, 6) is 1.05. The van der Waals surface area contributed by atoms with Gasteiger partial charge in [-0.15, -0.1) is 0 Å². The van der Waals surface area contributed by atoms with Gasteiger partial charge in [-0.05, 0) is 66.2 Å². The number of rotatable bonds is 8. The summed E-state index contributed by atoms with van der Waals surface area (Å²) in [7, 11) is -3.76. The van der Waals surface area contributed by atoms with E-state index >= 15 is 0 Å². The number of sulfonamides is 1. The van der Waals surface area contributed by atoms with Crippen LogP contribution < -0.4 is 0 Å². The molecule has 0 saturated carbocycles. The topological polar surface area (TPSA) is 62.9 Å². The highest BCUT2D eigenvalue weighted by molar-refractivity contribution is 9.10. The van der Waals surface area contributed by atoms with E-state index in [9.17, 15) is 8.42 Å². The van der Waals surface area contributed by atoms with Crippen LogP contribution in [0.15, 0.2) is 110 Å². The summed E-state index contributed by atoms with van der Waals surface area (Å²) in [5.41, 5.74) is 1.61. The molecule has 4 aromatic rings. The molecule has 0 spiro atoms. The Morgan fingerprint density at radius 2 is 1.58 bits per heavy atom. The number of aliphatic imine (C=N–C) groups is 1. The number of hydrogen-bond donors (Lipinski definition) is 0. The molecule has 168 valence electrons. The Morgan fingerprint density at radius 3 is 2.27 bits per heavy atom. The summed E-state index contributed by atoms with van der Waals surface area (Å²) in [6.45, 7) is 0.253. The van der Waals surface area contributed by atoms with Crippen molar-refractivity contribution in [1.82, 2.24) is 4.31 Å². The Kier molecular flexibility index (Phi) is 7.45. The smallest absolute Gasteiger partial charge is 0.243 e. The van der Waals surface area contributed by atoms with Crippen molar-refractivity contribution >= 4 is 49.5 Å². The average Bonchev–Trinajstić information content (AvgIpc) is 3.27. The molecule has 0 N–H and O–H groups in total. The van der Waals surface area contributed by atoms with E-state index in [-0.39, 0.29) is 18.0 Å². The maximum atomic E-state index is 13.4. The lowest BCUT2D eigenvalue weighted by atomic mass is 10.2. The molecule has 0 radical (unpaired) electrons. The fourth-order valence-electron chi connectivity index (χ4n) is 3.15. The van der Waals surface area contributed by atoms with Gasteiger partial charge in [0, 0.05) is 16.0 Å². The zero-order valence-corrected chi connectivity index (χ0v) is 20.6. The van der Waals surface area contributed by atoms with Gasteiger partial charge in [-0.1, -0.05) is 57.9 Å². The van der Waals surface area contributed by atoms with E-state index in [1.165, 1.54) is 4.31 Å². The van der Waals surface area contributed by atoms with Gasteiger partial charge in [-0.3, -0.25) is 4.99 Å². The summed E-state index contributed by atoms with van der Waals surface area (Å²) < 4.78 is 35.0. The molecule has 1 aromatic heterocycles. The van der Waals surface area contributed by atoms with Crippen molar-refractivity contribution in [3.63, 3.8) is 0 Å². The van der Waals surface area contributed by atoms with Gasteiger partial charge in [0.15, 0.2) is 0 Å². The van der Waals surface area contributed by atoms with E-state index in [2.05, 4.69) is 20.9 Å². The summed E-state index contributed by atoms with van der Waals surface area (Å²) in [6.07, 6.45) is 1.61. The standard InChI is InChI=1S/C25H20BrClN2O3S/c26-20-8-12-22(13-9-20)28-16-23-14-15-24(32-23)18-29(17-19-6-10-21(27)11-7-19)33(30,31)25-4-2-1-3-5-25/h1-16H,17-18H2. The molecule has 0 saturated heterocycles. The molecule has 0 atom stereocenters. The summed E-state index contributed by atoms with van der Waals surface area (Å²) in [6, 6.07) is 26.6. The molecule has 0 aliphatic rings. The average molecular weight is 544 g/mol. The van der Waals surface area contributed by atoms with Crippen LogP contribution in [0.3, 0.4) is 0 Å². The van der Waals surface area contributed by atoms with E-state index in [0.717, 1.165) is 15.7 Å². The molecule has 0 aliphatic heterocycles. The van der Waals surface area contributed by atoms with Gasteiger partial charge in [0.1, 0.15) is 11.5 Å². The van der Waals surface area contributed by atoms with Crippen LogP contribution in [-0.4, -0.2) is 18.9 Å². The Balaban J connectivity index is 1.57. The third-order valence-electron chi connectivity index (χ3n) is 4.84. The third-order valence-corrected chi connectivity index (χ3v) is 7.42. The van der Waals surface area contributed by atoms with Crippen molar-refractivity contribution in [2.24, 2.45) is 4.99 Å². The Labute approximate surface area is 206 Å². The Bertz CT molecular complexity index is 1340. The van der Waals surface area contributed by atoms with Crippen molar-refractivity contribution in [2.45, 2.75) is 18.0 Å². The highest BCUT2D eigenvalue weighted by atomic mass is 79.9. The first-order valence-corrected chi connectivity index (χ1v) is 12.7. The molecule has 0 bridgehead atoms. The van der Waals surface area contributed by atoms with Crippen LogP contribution >= 0.6 is 27.5 Å². The molecular formula is C25H20BrClN2O3S. The molecular weight excluding hydrogens is 524 g/mol. The monoisotopic (exact) mass is 542 g/mol. The Hall–Kier alpha value is -2.71. The largest absolute Gasteiger partial charge is 0.459 e. The minimum absolute atomic E-state index is 0.0754. The first-order valence-electron chi connectivity index (χ1n) is 10.1. The van der Waals surface area contributed by atoms with Gasteiger partial charge in [0.2, 0.25) is 10.0 Å². The molecule has 0 amide bonds. The van der Waals surface area contributed by atoms with Crippen molar-refractivity contribution in [3.8, 4) is 0 Å². The van der Waals surface area contributed by atoms with Gasteiger partial charge in [-0.25, -0.2) is 8.42 Å². The molecule has 8 heteroatoms. The first-order chi connectivity index (χ1) is 15.9. The molecule has 0 aliphatic carbocycles. The van der Waals surface area contributed by atoms with Crippen molar-refractivity contribution in [1.29, 1.82) is 0 Å². The predicted octanol–water partition coefficient (Wildman–Crippen LogP) is 6.84. The van der Waals surface area contributed by atoms with Gasteiger partial charge in [-0.2, -0.15) is 4.31 Å². The van der Waals surface area contributed by atoms with Crippen molar-refractivity contribution in [2.75, 3.05) is 0 Å². The lowest BCUT2D eigenvalue weighted by Gasteiger charge is -2.21. The molecule has 0 unspecified atom stereocenters. The second-order valence-corrected chi connectivity index (χ2v) is 10.5. The van der Waals surface area contributed by atoms with E-state index in [4.69, 9.17) is 16.0 Å². The van der Waals surface area contributed by atoms with Crippen LogP contribution in [0.5, 0.6) is 0 Å². The number of furan rings is 1.